The third kappa shape index (κ3) is 3.80. The van der Waals surface area contributed by atoms with Crippen molar-refractivity contribution >= 4 is 50.0 Å². The van der Waals surface area contributed by atoms with E-state index in [2.05, 4.69) is 54.4 Å². The molecule has 4 aromatic rings. The molecule has 6 rings (SSSR count). The van der Waals surface area contributed by atoms with E-state index in [9.17, 15) is 4.79 Å². The minimum Gasteiger partial charge on any atom is -0.342 e. The summed E-state index contributed by atoms with van der Waals surface area (Å²) in [6.07, 6.45) is 9.81. The van der Waals surface area contributed by atoms with Crippen LogP contribution in [0, 0.1) is 5.92 Å². The maximum atomic E-state index is 13.3. The van der Waals surface area contributed by atoms with Gasteiger partial charge in [0.2, 0.25) is 5.91 Å². The molecule has 0 aromatic carbocycles. The van der Waals surface area contributed by atoms with Gasteiger partial charge in [-0.15, -0.1) is 11.3 Å². The minimum atomic E-state index is 0.0635. The largest absolute Gasteiger partial charge is 0.342 e. The highest BCUT2D eigenvalue weighted by atomic mass is 32.1. The maximum absolute atomic E-state index is 13.3. The number of rotatable bonds is 4. The molecule has 1 aliphatic heterocycles. The van der Waals surface area contributed by atoms with Crippen molar-refractivity contribution in [1.82, 2.24) is 34.9 Å². The molecule has 0 bridgehead atoms. The second-order valence-electron chi connectivity index (χ2n) is 9.52. The summed E-state index contributed by atoms with van der Waals surface area (Å²) in [5, 5.41) is 12.4. The number of carbonyl (C=O) groups is 1. The number of aromatic nitrogens is 5. The van der Waals surface area contributed by atoms with Crippen LogP contribution < -0.4 is 5.32 Å². The Morgan fingerprint density at radius 1 is 1.18 bits per heavy atom. The second-order valence-corrected chi connectivity index (χ2v) is 10.6. The lowest BCUT2D eigenvalue weighted by molar-refractivity contribution is -0.137. The van der Waals surface area contributed by atoms with Crippen molar-refractivity contribution in [1.29, 1.82) is 0 Å². The highest BCUT2D eigenvalue weighted by molar-refractivity contribution is 7.19. The molecule has 1 saturated heterocycles. The lowest BCUT2D eigenvalue weighted by atomic mass is 9.86. The Bertz CT molecular complexity index is 1350. The Hall–Kier alpha value is -3.11. The van der Waals surface area contributed by atoms with E-state index in [4.69, 9.17) is 0 Å². The number of amides is 1. The van der Waals surface area contributed by atoms with Crippen LogP contribution in [0.1, 0.15) is 29.7 Å². The van der Waals surface area contributed by atoms with Crippen LogP contribution in [0.25, 0.3) is 21.3 Å². The van der Waals surface area contributed by atoms with E-state index in [1.165, 1.54) is 10.4 Å². The van der Waals surface area contributed by atoms with Gasteiger partial charge in [0.1, 0.15) is 17.0 Å². The van der Waals surface area contributed by atoms with E-state index >= 15 is 0 Å². The average molecular weight is 477 g/mol. The molecule has 0 unspecified atom stereocenters. The summed E-state index contributed by atoms with van der Waals surface area (Å²) in [5.74, 6) is 1.18. The summed E-state index contributed by atoms with van der Waals surface area (Å²) in [4.78, 5) is 33.4. The topological polar surface area (TPSA) is 103 Å². The number of piperidine rings is 1. The summed E-state index contributed by atoms with van der Waals surface area (Å²) >= 11 is 1.70. The molecule has 0 radical (unpaired) electrons. The SMILES string of the molecule is CN(C)C1CCN(C(=O)[C@H]2CCc3c(sc4ncnc(Nc5cnc6[nH]ncc6c5)c34)C2)CC1. The van der Waals surface area contributed by atoms with Crippen LogP contribution in [-0.4, -0.2) is 74.1 Å². The molecule has 34 heavy (non-hydrogen) atoms. The summed E-state index contributed by atoms with van der Waals surface area (Å²) in [6, 6.07) is 2.59. The van der Waals surface area contributed by atoms with Gasteiger partial charge in [-0.3, -0.25) is 9.89 Å². The first-order valence-electron chi connectivity index (χ1n) is 11.8. The Balaban J connectivity index is 1.22. The predicted octanol–water partition coefficient (Wildman–Crippen LogP) is 3.36. The number of fused-ring (bicyclic) bond motifs is 4. The van der Waals surface area contributed by atoms with Crippen molar-refractivity contribution in [3.8, 4) is 0 Å². The van der Waals surface area contributed by atoms with Crippen LogP contribution in [0.2, 0.25) is 0 Å². The molecular weight excluding hydrogens is 448 g/mol. The summed E-state index contributed by atoms with van der Waals surface area (Å²) in [5.41, 5.74) is 2.91. The molecule has 1 fully saturated rings. The Kier molecular flexibility index (Phi) is 5.41. The number of pyridine rings is 1. The number of nitrogens with one attached hydrogen (secondary N) is 2. The zero-order valence-electron chi connectivity index (χ0n) is 19.4. The van der Waals surface area contributed by atoms with Crippen molar-refractivity contribution in [3.63, 3.8) is 0 Å². The van der Waals surface area contributed by atoms with Crippen molar-refractivity contribution in [2.45, 2.75) is 38.1 Å². The fourth-order valence-electron chi connectivity index (χ4n) is 5.32. The number of carbonyl (C=O) groups excluding carboxylic acids is 1. The number of likely N-dealkylation sites (tertiary alicyclic amines) is 1. The molecule has 2 N–H and O–H groups in total. The third-order valence-electron chi connectivity index (χ3n) is 7.26. The lowest BCUT2D eigenvalue weighted by Crippen LogP contribution is -2.47. The highest BCUT2D eigenvalue weighted by Gasteiger charge is 2.33. The molecule has 0 saturated carbocycles. The lowest BCUT2D eigenvalue weighted by Gasteiger charge is -2.37. The number of anilines is 2. The number of nitrogens with zero attached hydrogens (tertiary/aromatic N) is 6. The Morgan fingerprint density at radius 2 is 2.03 bits per heavy atom. The first-order chi connectivity index (χ1) is 16.6. The van der Waals surface area contributed by atoms with Gasteiger partial charge in [-0.2, -0.15) is 5.10 Å². The standard InChI is InChI=1S/C24H28N8OS/c1-31(2)17-5-7-32(8-6-17)24(33)14-3-4-18-19(10-14)34-23-20(18)22(26-13-27-23)29-16-9-15-11-28-30-21(15)25-12-16/h9,11-14,17H,3-8,10H2,1-2H3,(H,25,28,30)(H,26,27,29)/t14-/m0/s1. The number of thiophene rings is 1. The molecule has 0 spiro atoms. The zero-order valence-corrected chi connectivity index (χ0v) is 20.2. The maximum Gasteiger partial charge on any atom is 0.226 e. The molecule has 5 heterocycles. The molecule has 1 amide bonds. The van der Waals surface area contributed by atoms with Gasteiger partial charge in [0.05, 0.1) is 23.5 Å². The zero-order chi connectivity index (χ0) is 23.2. The van der Waals surface area contributed by atoms with Crippen LogP contribution in [0.5, 0.6) is 0 Å². The Labute approximate surface area is 201 Å². The highest BCUT2D eigenvalue weighted by Crippen LogP contribution is 2.41. The quantitative estimate of drug-likeness (QED) is 0.465. The predicted molar refractivity (Wildman–Crippen MR) is 133 cm³/mol. The van der Waals surface area contributed by atoms with E-state index in [0.29, 0.717) is 11.9 Å². The van der Waals surface area contributed by atoms with Gasteiger partial charge < -0.3 is 15.1 Å². The number of hydrogen-bond acceptors (Lipinski definition) is 8. The van der Waals surface area contributed by atoms with Gasteiger partial charge in [-0.1, -0.05) is 0 Å². The van der Waals surface area contributed by atoms with E-state index in [1.807, 2.05) is 6.07 Å². The number of hydrogen-bond donors (Lipinski definition) is 2. The summed E-state index contributed by atoms with van der Waals surface area (Å²) < 4.78 is 0. The first kappa shape index (κ1) is 21.4. The monoisotopic (exact) mass is 476 g/mol. The fourth-order valence-corrected chi connectivity index (χ4v) is 6.59. The van der Waals surface area contributed by atoms with Gasteiger partial charge in [-0.05, 0) is 57.8 Å². The van der Waals surface area contributed by atoms with Crippen LogP contribution in [-0.2, 0) is 17.6 Å². The van der Waals surface area contributed by atoms with Crippen molar-refractivity contribution in [2.75, 3.05) is 32.5 Å². The van der Waals surface area contributed by atoms with E-state index in [1.54, 1.807) is 30.1 Å². The van der Waals surface area contributed by atoms with Gasteiger partial charge >= 0.3 is 0 Å². The van der Waals surface area contributed by atoms with E-state index < -0.39 is 0 Å². The molecule has 2 aliphatic rings. The van der Waals surface area contributed by atoms with Crippen molar-refractivity contribution in [3.05, 3.63) is 35.2 Å². The molecular formula is C24H28N8OS. The van der Waals surface area contributed by atoms with Crippen LogP contribution in [0.4, 0.5) is 11.5 Å². The Morgan fingerprint density at radius 3 is 2.85 bits per heavy atom. The molecule has 9 nitrogen and oxygen atoms in total. The molecule has 176 valence electrons. The number of H-pyrrole nitrogens is 1. The molecule has 10 heteroatoms. The van der Waals surface area contributed by atoms with E-state index in [-0.39, 0.29) is 5.92 Å². The summed E-state index contributed by atoms with van der Waals surface area (Å²) in [6.45, 7) is 1.73. The minimum absolute atomic E-state index is 0.0635. The van der Waals surface area contributed by atoms with E-state index in [0.717, 1.165) is 77.9 Å². The van der Waals surface area contributed by atoms with Gasteiger partial charge in [0.25, 0.3) is 0 Å². The van der Waals surface area contributed by atoms with Crippen LogP contribution in [0.3, 0.4) is 0 Å². The van der Waals surface area contributed by atoms with Gasteiger partial charge in [0.15, 0.2) is 5.65 Å². The first-order valence-corrected chi connectivity index (χ1v) is 12.6. The molecule has 1 atom stereocenters. The van der Waals surface area contributed by atoms with Gasteiger partial charge in [-0.25, -0.2) is 15.0 Å². The fraction of sp³-hybridized carbons (Fsp3) is 0.458. The van der Waals surface area contributed by atoms with Gasteiger partial charge in [0, 0.05) is 35.3 Å². The van der Waals surface area contributed by atoms with Crippen LogP contribution in [0.15, 0.2) is 24.8 Å². The second kappa shape index (κ2) is 8.59. The number of aryl methyl sites for hydroxylation is 1. The molecule has 4 aromatic heterocycles. The smallest absolute Gasteiger partial charge is 0.226 e. The number of aromatic amines is 1. The summed E-state index contributed by atoms with van der Waals surface area (Å²) in [7, 11) is 4.26. The average Bonchev–Trinajstić information content (AvgIpc) is 3.47. The van der Waals surface area contributed by atoms with Crippen LogP contribution >= 0.6 is 11.3 Å². The third-order valence-corrected chi connectivity index (χ3v) is 8.42. The molecule has 1 aliphatic carbocycles. The van der Waals surface area contributed by atoms with Crippen molar-refractivity contribution in [2.24, 2.45) is 5.92 Å². The normalized spacial score (nSPS) is 19.1. The van der Waals surface area contributed by atoms with Crippen molar-refractivity contribution < 1.29 is 4.79 Å².